The topological polar surface area (TPSA) is 226 Å². The van der Waals surface area contributed by atoms with Crippen molar-refractivity contribution in [3.05, 3.63) is 0 Å². The number of nitrogens with zero attached hydrogens (tertiary/aromatic N) is 5. The third-order valence-electron chi connectivity index (χ3n) is 6.27. The van der Waals surface area contributed by atoms with Gasteiger partial charge in [0.1, 0.15) is 6.29 Å². The van der Waals surface area contributed by atoms with Gasteiger partial charge in [0.2, 0.25) is 0 Å². The molecular formula is C22H44N5O11P. The fourth-order valence-corrected chi connectivity index (χ4v) is 5.09. The second-order valence-electron chi connectivity index (χ2n) is 9.87. The van der Waals surface area contributed by atoms with Crippen molar-refractivity contribution < 1.29 is 54.3 Å². The number of hydrogen-bond acceptors (Lipinski definition) is 11. The van der Waals surface area contributed by atoms with Crippen LogP contribution in [0.15, 0.2) is 0 Å². The molecule has 0 aliphatic carbocycles. The molecule has 228 valence electrons. The van der Waals surface area contributed by atoms with Crippen LogP contribution in [-0.4, -0.2) is 188 Å². The molecule has 0 amide bonds. The van der Waals surface area contributed by atoms with Crippen LogP contribution in [0.1, 0.15) is 13.3 Å². The highest BCUT2D eigenvalue weighted by molar-refractivity contribution is 7.51. The first-order valence-corrected chi connectivity index (χ1v) is 14.6. The zero-order valence-corrected chi connectivity index (χ0v) is 23.3. The molecule has 1 fully saturated rings. The van der Waals surface area contributed by atoms with Crippen molar-refractivity contribution in [1.82, 2.24) is 24.5 Å². The van der Waals surface area contributed by atoms with E-state index in [4.69, 9.17) is 0 Å². The van der Waals surface area contributed by atoms with Crippen LogP contribution in [0.2, 0.25) is 0 Å². The van der Waals surface area contributed by atoms with E-state index in [-0.39, 0.29) is 78.5 Å². The number of aliphatic hydroxyl groups excluding tert-OH is 2. The lowest BCUT2D eigenvalue weighted by atomic mass is 10.2. The van der Waals surface area contributed by atoms with Crippen molar-refractivity contribution in [2.75, 3.05) is 97.9 Å². The molecule has 0 aromatic rings. The first kappa shape index (κ1) is 35.3. The maximum atomic E-state index is 11.6. The Balaban J connectivity index is 3.02. The highest BCUT2D eigenvalue weighted by Crippen LogP contribution is 2.35. The van der Waals surface area contributed by atoms with Gasteiger partial charge in [0.25, 0.3) is 0 Å². The molecule has 0 saturated carbocycles. The second kappa shape index (κ2) is 17.9. The smallest absolute Gasteiger partial charge is 0.339 e. The second-order valence-corrected chi connectivity index (χ2v) is 11.5. The average Bonchev–Trinajstić information content (AvgIpc) is 2.78. The zero-order valence-electron chi connectivity index (χ0n) is 22.4. The van der Waals surface area contributed by atoms with E-state index in [1.165, 1.54) is 4.90 Å². The summed E-state index contributed by atoms with van der Waals surface area (Å²) < 4.78 is 11.6. The van der Waals surface area contributed by atoms with Crippen LogP contribution in [0.25, 0.3) is 0 Å². The number of aliphatic carboxylic acids is 3. The van der Waals surface area contributed by atoms with Gasteiger partial charge < -0.3 is 35.3 Å². The van der Waals surface area contributed by atoms with Crippen molar-refractivity contribution in [2.45, 2.75) is 25.6 Å². The van der Waals surface area contributed by atoms with Gasteiger partial charge in [-0.3, -0.25) is 43.4 Å². The lowest BCUT2D eigenvalue weighted by Crippen LogP contribution is -2.50. The molecule has 0 radical (unpaired) electrons. The van der Waals surface area contributed by atoms with Gasteiger partial charge in [-0.05, 0) is 6.42 Å². The van der Waals surface area contributed by atoms with Gasteiger partial charge in [-0.1, -0.05) is 6.92 Å². The Bertz CT molecular complexity index is 785. The van der Waals surface area contributed by atoms with Gasteiger partial charge in [0.05, 0.1) is 31.8 Å². The van der Waals surface area contributed by atoms with Crippen LogP contribution in [0.4, 0.5) is 0 Å². The van der Waals surface area contributed by atoms with E-state index >= 15 is 0 Å². The molecule has 1 heterocycles. The van der Waals surface area contributed by atoms with Crippen LogP contribution in [0.5, 0.6) is 0 Å². The predicted molar refractivity (Wildman–Crippen MR) is 139 cm³/mol. The van der Waals surface area contributed by atoms with Gasteiger partial charge in [0, 0.05) is 72.0 Å². The largest absolute Gasteiger partial charge is 0.480 e. The summed E-state index contributed by atoms with van der Waals surface area (Å²) >= 11 is 0. The summed E-state index contributed by atoms with van der Waals surface area (Å²) in [5.41, 5.74) is 0. The van der Waals surface area contributed by atoms with Crippen LogP contribution < -0.4 is 0 Å². The van der Waals surface area contributed by atoms with Gasteiger partial charge in [0.15, 0.2) is 0 Å². The lowest BCUT2D eigenvalue weighted by Gasteiger charge is -2.34. The highest BCUT2D eigenvalue weighted by atomic mass is 31.2. The molecule has 0 aromatic carbocycles. The molecule has 16 nitrogen and oxygen atoms in total. The lowest BCUT2D eigenvalue weighted by molar-refractivity contribution is -0.140. The molecule has 39 heavy (non-hydrogen) atoms. The molecule has 0 spiro atoms. The Hall–Kier alpha value is -1.72. The Morgan fingerprint density at radius 2 is 1.03 bits per heavy atom. The fraction of sp³-hybridized carbons (Fsp3) is 0.864. The molecule has 1 aliphatic heterocycles. The molecule has 1 rings (SSSR count). The Labute approximate surface area is 228 Å². The number of carboxylic acid groups (broad SMARTS) is 3. The average molecular weight is 586 g/mol. The number of carbonyl (C=O) groups is 3. The fourth-order valence-electron chi connectivity index (χ4n) is 4.34. The van der Waals surface area contributed by atoms with E-state index in [0.29, 0.717) is 19.5 Å². The quantitative estimate of drug-likeness (QED) is 0.0952. The number of aliphatic hydroxyl groups is 2. The van der Waals surface area contributed by atoms with Crippen molar-refractivity contribution >= 4 is 25.5 Å². The van der Waals surface area contributed by atoms with Crippen LogP contribution in [0, 0.1) is 0 Å². The monoisotopic (exact) mass is 585 g/mol. The van der Waals surface area contributed by atoms with E-state index in [1.807, 2.05) is 4.90 Å². The standard InChI is InChI=1S/C22H44N5O11P/c1-2-18(28)11-27(17-39(36,37)38)13-19(29)12-23-3-5-24(14-20(30)31)7-9-26(16-22(34)35)10-8-25(6-4-23)15-21(32)33/h18-19,28-29H,2-17H2,1H3,(H,30,31)(H,32,33)(H,34,35)(H2,36,37,38). The van der Waals surface area contributed by atoms with E-state index in [0.717, 1.165) is 0 Å². The van der Waals surface area contributed by atoms with Crippen LogP contribution >= 0.6 is 7.60 Å². The first-order valence-electron chi connectivity index (χ1n) is 12.8. The van der Waals surface area contributed by atoms with Crippen molar-refractivity contribution in [3.63, 3.8) is 0 Å². The number of hydrogen-bond donors (Lipinski definition) is 7. The molecule has 1 saturated heterocycles. The minimum absolute atomic E-state index is 0.0374. The molecule has 2 atom stereocenters. The summed E-state index contributed by atoms with van der Waals surface area (Å²) in [5.74, 6) is -3.14. The first-order chi connectivity index (χ1) is 18.2. The van der Waals surface area contributed by atoms with Gasteiger partial charge in [-0.2, -0.15) is 0 Å². The normalized spacial score (nSPS) is 19.7. The maximum Gasteiger partial charge on any atom is 0.339 e. The minimum Gasteiger partial charge on any atom is -0.480 e. The summed E-state index contributed by atoms with van der Waals surface area (Å²) in [6.07, 6.45) is -2.17. The number of β-amino-alcohol motifs (C(OH)–C–C–N with tert-alkyl or cyclic N) is 1. The summed E-state index contributed by atoms with van der Waals surface area (Å²) in [7, 11) is -4.45. The highest BCUT2D eigenvalue weighted by Gasteiger charge is 2.25. The molecule has 2 unspecified atom stereocenters. The van der Waals surface area contributed by atoms with Gasteiger partial charge >= 0.3 is 25.5 Å². The summed E-state index contributed by atoms with van der Waals surface area (Å²) in [6.45, 7) is 3.04. The van der Waals surface area contributed by atoms with Crippen molar-refractivity contribution in [1.29, 1.82) is 0 Å². The molecule has 7 N–H and O–H groups in total. The van der Waals surface area contributed by atoms with Crippen LogP contribution in [0.3, 0.4) is 0 Å². The van der Waals surface area contributed by atoms with Gasteiger partial charge in [-0.25, -0.2) is 0 Å². The van der Waals surface area contributed by atoms with E-state index in [2.05, 4.69) is 0 Å². The van der Waals surface area contributed by atoms with Crippen molar-refractivity contribution in [3.8, 4) is 0 Å². The Kier molecular flexibility index (Phi) is 16.2. The third-order valence-corrected chi connectivity index (χ3v) is 7.04. The summed E-state index contributed by atoms with van der Waals surface area (Å²) in [4.78, 5) is 61.0. The third kappa shape index (κ3) is 17.6. The molecule has 0 bridgehead atoms. The SMILES string of the molecule is CCC(O)CN(CC(O)CN1CCN(CC(=O)O)CCN(CC(=O)O)CCN(CC(=O)O)CC1)CP(=O)(O)O. The number of rotatable bonds is 15. The Morgan fingerprint density at radius 1 is 0.692 bits per heavy atom. The molecular weight excluding hydrogens is 541 g/mol. The van der Waals surface area contributed by atoms with Crippen molar-refractivity contribution in [2.24, 2.45) is 0 Å². The predicted octanol–water partition coefficient (Wildman–Crippen LogP) is -2.97. The van der Waals surface area contributed by atoms with E-state index in [9.17, 15) is 54.3 Å². The minimum atomic E-state index is -4.45. The van der Waals surface area contributed by atoms with Crippen LogP contribution in [-0.2, 0) is 18.9 Å². The molecule has 1 aliphatic rings. The Morgan fingerprint density at radius 3 is 1.33 bits per heavy atom. The van der Waals surface area contributed by atoms with E-state index in [1.54, 1.807) is 21.6 Å². The maximum absolute atomic E-state index is 11.6. The molecule has 17 heteroatoms. The van der Waals surface area contributed by atoms with Gasteiger partial charge in [-0.15, -0.1) is 0 Å². The summed E-state index contributed by atoms with van der Waals surface area (Å²) in [5, 5.41) is 48.6. The number of carboxylic acids is 3. The molecule has 0 aromatic heterocycles. The zero-order chi connectivity index (χ0) is 29.6. The van der Waals surface area contributed by atoms with E-state index < -0.39 is 44.0 Å². The summed E-state index contributed by atoms with van der Waals surface area (Å²) in [6, 6.07) is 0.